The summed E-state index contributed by atoms with van der Waals surface area (Å²) in [5, 5.41) is 0. The summed E-state index contributed by atoms with van der Waals surface area (Å²) in [6.45, 7) is 1.93. The highest BCUT2D eigenvalue weighted by atomic mass is 16.5. The van der Waals surface area contributed by atoms with Crippen molar-refractivity contribution in [1.82, 2.24) is 4.90 Å². The first kappa shape index (κ1) is 6.99. The number of ether oxygens (including phenoxy) is 1. The normalized spacial score (nSPS) is 37.7. The number of methoxy groups -OCH3 is 1. The second kappa shape index (κ2) is 2.64. The summed E-state index contributed by atoms with van der Waals surface area (Å²) in [4.78, 5) is 2.18. The van der Waals surface area contributed by atoms with Gasteiger partial charge in [-0.25, -0.2) is 0 Å². The molecule has 1 unspecified atom stereocenters. The molecule has 54 valence electrons. The molecule has 2 N–H and O–H groups in total. The second-order valence-corrected chi connectivity index (χ2v) is 2.66. The third-order valence-corrected chi connectivity index (χ3v) is 1.79. The van der Waals surface area contributed by atoms with E-state index in [0.29, 0.717) is 0 Å². The number of nitrogens with two attached hydrogens (primary N) is 1. The molecule has 1 saturated heterocycles. The van der Waals surface area contributed by atoms with E-state index in [4.69, 9.17) is 10.5 Å². The van der Waals surface area contributed by atoms with Crippen LogP contribution in [-0.2, 0) is 4.74 Å². The van der Waals surface area contributed by atoms with Crippen LogP contribution in [-0.4, -0.2) is 44.3 Å². The van der Waals surface area contributed by atoms with Crippen molar-refractivity contribution in [2.75, 3.05) is 27.2 Å². The highest BCUT2D eigenvalue weighted by Crippen LogP contribution is 2.07. The van der Waals surface area contributed by atoms with E-state index in [2.05, 4.69) is 11.9 Å². The highest BCUT2D eigenvalue weighted by molar-refractivity contribution is 4.85. The molecule has 0 aromatic rings. The van der Waals surface area contributed by atoms with Crippen LogP contribution in [0.4, 0.5) is 0 Å². The van der Waals surface area contributed by atoms with E-state index in [1.807, 2.05) is 0 Å². The van der Waals surface area contributed by atoms with Crippen LogP contribution in [0.5, 0.6) is 0 Å². The number of hydrogen-bond donors (Lipinski definition) is 1. The molecule has 1 rings (SSSR count). The summed E-state index contributed by atoms with van der Waals surface area (Å²) in [5.41, 5.74) is 5.71. The summed E-state index contributed by atoms with van der Waals surface area (Å²) in [7, 11) is 3.77. The molecule has 1 aliphatic heterocycles. The molecule has 1 fully saturated rings. The Kier molecular flexibility index (Phi) is 2.05. The van der Waals surface area contributed by atoms with Gasteiger partial charge in [-0.1, -0.05) is 0 Å². The molecule has 0 saturated carbocycles. The number of likely N-dealkylation sites (N-methyl/N-ethyl adjacent to an activating group) is 1. The fraction of sp³-hybridized carbons (Fsp3) is 1.00. The Morgan fingerprint density at radius 2 is 2.22 bits per heavy atom. The van der Waals surface area contributed by atoms with Crippen molar-refractivity contribution in [2.24, 2.45) is 5.73 Å². The molecule has 0 aliphatic carbocycles. The Bertz CT molecular complexity index is 97.1. The summed E-state index contributed by atoms with van der Waals surface area (Å²) in [5.74, 6) is 0. The molecule has 3 nitrogen and oxygen atoms in total. The van der Waals surface area contributed by atoms with Crippen LogP contribution >= 0.6 is 0 Å². The number of nitrogens with zero attached hydrogens (tertiary/aromatic N) is 1. The van der Waals surface area contributed by atoms with Gasteiger partial charge in [0.05, 0.1) is 6.10 Å². The number of likely N-dealkylation sites (tertiary alicyclic amines) is 1. The van der Waals surface area contributed by atoms with Crippen LogP contribution in [0.3, 0.4) is 0 Å². The fourth-order valence-electron chi connectivity index (χ4n) is 1.24. The van der Waals surface area contributed by atoms with Crippen molar-refractivity contribution in [3.63, 3.8) is 0 Å². The third-order valence-electron chi connectivity index (χ3n) is 1.79. The van der Waals surface area contributed by atoms with Gasteiger partial charge in [-0.15, -0.1) is 0 Å². The lowest BCUT2D eigenvalue weighted by Crippen LogP contribution is -2.34. The summed E-state index contributed by atoms with van der Waals surface area (Å²) in [6.07, 6.45) is 0.245. The van der Waals surface area contributed by atoms with Gasteiger partial charge < -0.3 is 15.4 Å². The van der Waals surface area contributed by atoms with Crippen molar-refractivity contribution in [2.45, 2.75) is 12.1 Å². The van der Waals surface area contributed by atoms with Crippen LogP contribution in [0.25, 0.3) is 0 Å². The molecule has 0 radical (unpaired) electrons. The number of hydrogen-bond acceptors (Lipinski definition) is 3. The van der Waals surface area contributed by atoms with E-state index in [0.717, 1.165) is 13.1 Å². The van der Waals surface area contributed by atoms with Gasteiger partial charge in [0.15, 0.2) is 0 Å². The Morgan fingerprint density at radius 3 is 2.44 bits per heavy atom. The molecule has 0 aromatic heterocycles. The largest absolute Gasteiger partial charge is 0.378 e. The Hall–Kier alpha value is -0.120. The van der Waals surface area contributed by atoms with Gasteiger partial charge in [0.25, 0.3) is 0 Å². The lowest BCUT2D eigenvalue weighted by atomic mass is 10.2. The van der Waals surface area contributed by atoms with Gasteiger partial charge in [0.2, 0.25) is 0 Å². The summed E-state index contributed by atoms with van der Waals surface area (Å²) >= 11 is 0. The van der Waals surface area contributed by atoms with Crippen LogP contribution in [0.1, 0.15) is 0 Å². The van der Waals surface area contributed by atoms with Crippen LogP contribution < -0.4 is 5.73 Å². The maximum Gasteiger partial charge on any atom is 0.0861 e. The smallest absolute Gasteiger partial charge is 0.0861 e. The van der Waals surface area contributed by atoms with E-state index >= 15 is 0 Å². The van der Waals surface area contributed by atoms with Gasteiger partial charge in [-0.3, -0.25) is 0 Å². The molecule has 0 bridgehead atoms. The monoisotopic (exact) mass is 130 g/mol. The van der Waals surface area contributed by atoms with E-state index in [1.54, 1.807) is 7.11 Å². The van der Waals surface area contributed by atoms with Crippen molar-refractivity contribution in [3.8, 4) is 0 Å². The van der Waals surface area contributed by atoms with Gasteiger partial charge in [0.1, 0.15) is 0 Å². The van der Waals surface area contributed by atoms with Crippen molar-refractivity contribution in [3.05, 3.63) is 0 Å². The molecular weight excluding hydrogens is 116 g/mol. The molecule has 9 heavy (non-hydrogen) atoms. The molecule has 1 aliphatic rings. The van der Waals surface area contributed by atoms with Gasteiger partial charge in [0, 0.05) is 26.2 Å². The molecular formula is C6H14N2O. The topological polar surface area (TPSA) is 38.5 Å². The minimum absolute atomic E-state index is 0.208. The predicted molar refractivity (Wildman–Crippen MR) is 36.3 cm³/mol. The maximum absolute atomic E-state index is 5.71. The molecule has 3 heteroatoms. The first-order valence-corrected chi connectivity index (χ1v) is 3.21. The second-order valence-electron chi connectivity index (χ2n) is 2.66. The Balaban J connectivity index is 2.38. The van der Waals surface area contributed by atoms with Crippen molar-refractivity contribution < 1.29 is 4.74 Å². The van der Waals surface area contributed by atoms with Crippen LogP contribution in [0.15, 0.2) is 0 Å². The predicted octanol–water partition coefficient (Wildman–Crippen LogP) is -0.726. The molecule has 2 atom stereocenters. The van der Waals surface area contributed by atoms with Crippen molar-refractivity contribution >= 4 is 0 Å². The molecule has 0 spiro atoms. The van der Waals surface area contributed by atoms with E-state index in [1.165, 1.54) is 0 Å². The van der Waals surface area contributed by atoms with Gasteiger partial charge in [-0.05, 0) is 7.05 Å². The first-order chi connectivity index (χ1) is 4.24. The Labute approximate surface area is 55.8 Å². The van der Waals surface area contributed by atoms with Crippen molar-refractivity contribution in [1.29, 1.82) is 0 Å². The third kappa shape index (κ3) is 1.41. The lowest BCUT2D eigenvalue weighted by Gasteiger charge is -2.10. The Morgan fingerprint density at radius 1 is 1.56 bits per heavy atom. The van der Waals surface area contributed by atoms with Crippen LogP contribution in [0, 0.1) is 0 Å². The molecule has 1 heterocycles. The first-order valence-electron chi connectivity index (χ1n) is 3.21. The van der Waals surface area contributed by atoms with E-state index in [-0.39, 0.29) is 12.1 Å². The zero-order valence-corrected chi connectivity index (χ0v) is 6.00. The fourth-order valence-corrected chi connectivity index (χ4v) is 1.24. The van der Waals surface area contributed by atoms with E-state index in [9.17, 15) is 0 Å². The number of rotatable bonds is 1. The maximum atomic E-state index is 5.71. The summed E-state index contributed by atoms with van der Waals surface area (Å²) < 4.78 is 5.13. The van der Waals surface area contributed by atoms with Gasteiger partial charge >= 0.3 is 0 Å². The zero-order valence-electron chi connectivity index (χ0n) is 6.00. The quantitative estimate of drug-likeness (QED) is 0.509. The van der Waals surface area contributed by atoms with E-state index < -0.39 is 0 Å². The summed E-state index contributed by atoms with van der Waals surface area (Å²) in [6, 6.07) is 0.208. The average molecular weight is 130 g/mol. The SMILES string of the molecule is COC1CN(C)C[C@@H]1N. The van der Waals surface area contributed by atoms with Gasteiger partial charge in [-0.2, -0.15) is 0 Å². The standard InChI is InChI=1S/C6H14N2O/c1-8-3-5(7)6(4-8)9-2/h5-6H,3-4,7H2,1-2H3/t5-,6?/m0/s1. The van der Waals surface area contributed by atoms with Crippen LogP contribution in [0.2, 0.25) is 0 Å². The average Bonchev–Trinajstić information content (AvgIpc) is 2.10. The zero-order chi connectivity index (χ0) is 6.85. The molecule has 0 amide bonds. The molecule has 0 aromatic carbocycles. The lowest BCUT2D eigenvalue weighted by molar-refractivity contribution is 0.100. The minimum Gasteiger partial charge on any atom is -0.378 e. The highest BCUT2D eigenvalue weighted by Gasteiger charge is 2.26. The minimum atomic E-state index is 0.208.